The van der Waals surface area contributed by atoms with Crippen molar-refractivity contribution in [2.45, 2.75) is 26.7 Å². The molecule has 1 nitrogen and oxygen atoms in total. The van der Waals surface area contributed by atoms with Crippen molar-refractivity contribution in [3.8, 4) is 0 Å². The molecule has 0 amide bonds. The maximum atomic E-state index is 12.9. The lowest BCUT2D eigenvalue weighted by atomic mass is 10.0. The Morgan fingerprint density at radius 1 is 1.10 bits per heavy atom. The van der Waals surface area contributed by atoms with Crippen LogP contribution in [0.4, 0.5) is 0 Å². The molecule has 106 valence electrons. The predicted octanol–water partition coefficient (Wildman–Crippen LogP) is 5.18. The van der Waals surface area contributed by atoms with Crippen molar-refractivity contribution in [2.75, 3.05) is 0 Å². The molecular formula is C19H18OS. The maximum absolute atomic E-state index is 12.9. The Hall–Kier alpha value is -1.93. The van der Waals surface area contributed by atoms with Crippen LogP contribution in [0.2, 0.25) is 0 Å². The summed E-state index contributed by atoms with van der Waals surface area (Å²) in [5.74, 6) is 0. The molecule has 0 radical (unpaired) electrons. The van der Waals surface area contributed by atoms with Crippen LogP contribution in [0.3, 0.4) is 0 Å². The quantitative estimate of drug-likeness (QED) is 0.608. The molecule has 0 fully saturated rings. The number of aryl methyl sites for hydroxylation is 2. The van der Waals surface area contributed by atoms with Gasteiger partial charge < -0.3 is 0 Å². The lowest BCUT2D eigenvalue weighted by molar-refractivity contribution is 1.10. The Kier molecular flexibility index (Phi) is 3.64. The molecule has 2 aromatic carbocycles. The Labute approximate surface area is 128 Å². The lowest BCUT2D eigenvalue weighted by Crippen LogP contribution is -2.03. The van der Waals surface area contributed by atoms with Gasteiger partial charge in [0.05, 0.1) is 0 Å². The number of fused-ring (bicyclic) bond motifs is 2. The van der Waals surface area contributed by atoms with E-state index in [4.69, 9.17) is 0 Å². The molecule has 1 aromatic heterocycles. The van der Waals surface area contributed by atoms with Crippen LogP contribution in [0, 0.1) is 0 Å². The van der Waals surface area contributed by atoms with Crippen LogP contribution < -0.4 is 5.43 Å². The first-order valence-electron chi connectivity index (χ1n) is 7.32. The van der Waals surface area contributed by atoms with E-state index in [0.29, 0.717) is 0 Å². The third-order valence-corrected chi connectivity index (χ3v) is 5.22. The van der Waals surface area contributed by atoms with Gasteiger partial charge in [-0.25, -0.2) is 0 Å². The molecule has 0 spiro atoms. The van der Waals surface area contributed by atoms with Crippen LogP contribution in [0.1, 0.15) is 30.5 Å². The fraction of sp³-hybridized carbons (Fsp3) is 0.211. The summed E-state index contributed by atoms with van der Waals surface area (Å²) in [6.07, 6.45) is 3.70. The monoisotopic (exact) mass is 294 g/mol. The van der Waals surface area contributed by atoms with E-state index in [0.717, 1.165) is 38.6 Å². The normalized spacial score (nSPS) is 11.1. The van der Waals surface area contributed by atoms with Gasteiger partial charge in [-0.05, 0) is 47.7 Å². The van der Waals surface area contributed by atoms with Crippen molar-refractivity contribution in [1.29, 1.82) is 0 Å². The Balaban J connectivity index is 2.49. The first-order valence-corrected chi connectivity index (χ1v) is 8.14. The van der Waals surface area contributed by atoms with Crippen LogP contribution in [0.25, 0.3) is 26.2 Å². The average Bonchev–Trinajstić information content (AvgIpc) is 2.54. The van der Waals surface area contributed by atoms with Crippen molar-refractivity contribution < 1.29 is 0 Å². The summed E-state index contributed by atoms with van der Waals surface area (Å²) in [6.45, 7) is 8.07. The highest BCUT2D eigenvalue weighted by Crippen LogP contribution is 2.29. The summed E-state index contributed by atoms with van der Waals surface area (Å²) in [5.41, 5.74) is 3.66. The lowest BCUT2D eigenvalue weighted by Gasteiger charge is -2.08. The molecule has 0 unspecified atom stereocenters. The molecule has 1 heterocycles. The van der Waals surface area contributed by atoms with Gasteiger partial charge in [0, 0.05) is 20.2 Å². The van der Waals surface area contributed by atoms with E-state index in [1.54, 1.807) is 17.4 Å². The summed E-state index contributed by atoms with van der Waals surface area (Å²) in [6, 6.07) is 10.3. The third kappa shape index (κ3) is 2.30. The molecule has 0 aliphatic heterocycles. The van der Waals surface area contributed by atoms with Crippen molar-refractivity contribution in [2.24, 2.45) is 0 Å². The van der Waals surface area contributed by atoms with Crippen LogP contribution in [0.5, 0.6) is 0 Å². The van der Waals surface area contributed by atoms with E-state index in [2.05, 4.69) is 32.6 Å². The van der Waals surface area contributed by atoms with E-state index < -0.39 is 0 Å². The van der Waals surface area contributed by atoms with E-state index in [1.807, 2.05) is 18.2 Å². The molecule has 3 rings (SSSR count). The minimum atomic E-state index is 0.146. The van der Waals surface area contributed by atoms with Gasteiger partial charge in [0.1, 0.15) is 0 Å². The fourth-order valence-corrected chi connectivity index (χ4v) is 3.92. The highest BCUT2D eigenvalue weighted by molar-refractivity contribution is 7.24. The van der Waals surface area contributed by atoms with E-state index in [-0.39, 0.29) is 5.43 Å². The Morgan fingerprint density at radius 2 is 1.90 bits per heavy atom. The molecule has 0 aliphatic rings. The van der Waals surface area contributed by atoms with Crippen LogP contribution in [0.15, 0.2) is 41.7 Å². The second kappa shape index (κ2) is 5.45. The topological polar surface area (TPSA) is 17.1 Å². The van der Waals surface area contributed by atoms with Gasteiger partial charge in [-0.15, -0.1) is 11.3 Å². The average molecular weight is 294 g/mol. The third-order valence-electron chi connectivity index (χ3n) is 3.96. The molecule has 0 saturated heterocycles. The van der Waals surface area contributed by atoms with E-state index in [1.165, 1.54) is 11.1 Å². The highest BCUT2D eigenvalue weighted by atomic mass is 32.1. The van der Waals surface area contributed by atoms with Gasteiger partial charge in [-0.2, -0.15) is 0 Å². The molecule has 0 bridgehead atoms. The van der Waals surface area contributed by atoms with Crippen molar-refractivity contribution in [3.63, 3.8) is 0 Å². The van der Waals surface area contributed by atoms with Crippen molar-refractivity contribution >= 4 is 37.6 Å². The zero-order chi connectivity index (χ0) is 15.0. The molecular weight excluding hydrogens is 276 g/mol. The second-order valence-corrected chi connectivity index (χ2v) is 6.28. The fourth-order valence-electron chi connectivity index (χ4n) is 2.71. The van der Waals surface area contributed by atoms with Crippen molar-refractivity contribution in [1.82, 2.24) is 0 Å². The zero-order valence-corrected chi connectivity index (χ0v) is 13.2. The second-order valence-electron chi connectivity index (χ2n) is 5.23. The van der Waals surface area contributed by atoms with Crippen LogP contribution in [-0.4, -0.2) is 0 Å². The standard InChI is InChI=1S/C19H18OS/c1-4-12-7-8-17-15(10-12)18(20)16-11-13(5-2)9-14(6-3)19(16)21-17/h4,7-11H,1,5-6H2,2-3H3. The van der Waals surface area contributed by atoms with Gasteiger partial charge in [-0.3, -0.25) is 4.79 Å². The molecule has 3 aromatic rings. The van der Waals surface area contributed by atoms with Gasteiger partial charge in [-0.1, -0.05) is 38.6 Å². The number of rotatable bonds is 3. The van der Waals surface area contributed by atoms with Crippen LogP contribution >= 0.6 is 11.3 Å². The minimum Gasteiger partial charge on any atom is -0.289 e. The number of hydrogen-bond donors (Lipinski definition) is 0. The van der Waals surface area contributed by atoms with E-state index >= 15 is 0 Å². The molecule has 0 aliphatic carbocycles. The minimum absolute atomic E-state index is 0.146. The van der Waals surface area contributed by atoms with Gasteiger partial charge >= 0.3 is 0 Å². The summed E-state index contributed by atoms with van der Waals surface area (Å²) < 4.78 is 2.19. The first-order chi connectivity index (χ1) is 10.2. The highest BCUT2D eigenvalue weighted by Gasteiger charge is 2.10. The predicted molar refractivity (Wildman–Crippen MR) is 94.4 cm³/mol. The maximum Gasteiger partial charge on any atom is 0.195 e. The van der Waals surface area contributed by atoms with Gasteiger partial charge in [0.2, 0.25) is 0 Å². The Bertz CT molecular complexity index is 903. The summed E-state index contributed by atoms with van der Waals surface area (Å²) in [4.78, 5) is 12.9. The largest absolute Gasteiger partial charge is 0.289 e. The summed E-state index contributed by atoms with van der Waals surface area (Å²) >= 11 is 1.72. The zero-order valence-electron chi connectivity index (χ0n) is 12.4. The van der Waals surface area contributed by atoms with Crippen molar-refractivity contribution in [3.05, 3.63) is 63.8 Å². The smallest absolute Gasteiger partial charge is 0.195 e. The molecule has 21 heavy (non-hydrogen) atoms. The molecule has 0 saturated carbocycles. The molecule has 0 atom stereocenters. The molecule has 2 heteroatoms. The Morgan fingerprint density at radius 3 is 2.57 bits per heavy atom. The van der Waals surface area contributed by atoms with Gasteiger partial charge in [0.15, 0.2) is 5.43 Å². The summed E-state index contributed by atoms with van der Waals surface area (Å²) in [5, 5.41) is 1.67. The number of hydrogen-bond acceptors (Lipinski definition) is 2. The first kappa shape index (κ1) is 14.0. The summed E-state index contributed by atoms with van der Waals surface area (Å²) in [7, 11) is 0. The SMILES string of the molecule is C=Cc1ccc2sc3c(CC)cc(CC)cc3c(=O)c2c1. The van der Waals surface area contributed by atoms with Crippen LogP contribution in [-0.2, 0) is 12.8 Å². The molecule has 0 N–H and O–H groups in total. The van der Waals surface area contributed by atoms with Gasteiger partial charge in [0.25, 0.3) is 0 Å². The number of benzene rings is 2. The van der Waals surface area contributed by atoms with E-state index in [9.17, 15) is 4.79 Å².